The first-order valence-electron chi connectivity index (χ1n) is 9.86. The van der Waals surface area contributed by atoms with E-state index in [1.54, 1.807) is 41.8 Å². The number of carbonyl (C=O) groups is 3. The number of hydrogen-bond donors (Lipinski definition) is 2. The molecule has 164 valence electrons. The fourth-order valence-electron chi connectivity index (χ4n) is 2.98. The molecular weight excluding hydrogens is 432 g/mol. The first kappa shape index (κ1) is 21.4. The lowest BCUT2D eigenvalue weighted by atomic mass is 10.2. The summed E-state index contributed by atoms with van der Waals surface area (Å²) in [6, 6.07) is 17.1. The second-order valence-electron chi connectivity index (χ2n) is 6.89. The van der Waals surface area contributed by atoms with Crippen molar-refractivity contribution in [3.8, 4) is 11.5 Å². The van der Waals surface area contributed by atoms with Crippen LogP contribution in [0.15, 0.2) is 66.0 Å². The second-order valence-corrected chi connectivity index (χ2v) is 7.84. The van der Waals surface area contributed by atoms with Crippen molar-refractivity contribution in [2.45, 2.75) is 6.10 Å². The third-order valence-corrected chi connectivity index (χ3v) is 5.40. The molecule has 0 unspecified atom stereocenters. The van der Waals surface area contributed by atoms with E-state index in [9.17, 15) is 14.4 Å². The molecule has 2 aromatic carbocycles. The van der Waals surface area contributed by atoms with Crippen LogP contribution in [0.2, 0.25) is 0 Å². The number of ether oxygens (including phenoxy) is 3. The van der Waals surface area contributed by atoms with E-state index in [2.05, 4.69) is 10.6 Å². The Balaban J connectivity index is 1.23. The van der Waals surface area contributed by atoms with Gasteiger partial charge in [0.05, 0.1) is 17.0 Å². The van der Waals surface area contributed by atoms with Crippen LogP contribution in [0, 0.1) is 0 Å². The van der Waals surface area contributed by atoms with Crippen LogP contribution in [0.4, 0.5) is 5.69 Å². The molecule has 4 rings (SSSR count). The lowest BCUT2D eigenvalue weighted by Crippen LogP contribution is -2.42. The zero-order valence-corrected chi connectivity index (χ0v) is 17.7. The van der Waals surface area contributed by atoms with Gasteiger partial charge in [-0.2, -0.15) is 0 Å². The summed E-state index contributed by atoms with van der Waals surface area (Å²) in [5.41, 5.74) is 0.680. The van der Waals surface area contributed by atoms with Crippen molar-refractivity contribution < 1.29 is 28.6 Å². The Kier molecular flexibility index (Phi) is 6.66. The van der Waals surface area contributed by atoms with Gasteiger partial charge in [0.25, 0.3) is 11.8 Å². The predicted octanol–water partition coefficient (Wildman–Crippen LogP) is 3.11. The van der Waals surface area contributed by atoms with Gasteiger partial charge in [0.15, 0.2) is 18.1 Å². The number of nitrogens with one attached hydrogen (secondary N) is 2. The Bertz CT molecular complexity index is 1120. The van der Waals surface area contributed by atoms with Gasteiger partial charge in [-0.1, -0.05) is 24.3 Å². The smallest absolute Gasteiger partial charge is 0.338 e. The van der Waals surface area contributed by atoms with Gasteiger partial charge < -0.3 is 24.8 Å². The van der Waals surface area contributed by atoms with Gasteiger partial charge in [-0.3, -0.25) is 9.59 Å². The van der Waals surface area contributed by atoms with Crippen molar-refractivity contribution in [1.29, 1.82) is 0 Å². The summed E-state index contributed by atoms with van der Waals surface area (Å²) < 4.78 is 16.4. The van der Waals surface area contributed by atoms with Gasteiger partial charge in [-0.15, -0.1) is 11.3 Å². The van der Waals surface area contributed by atoms with Crippen molar-refractivity contribution in [1.82, 2.24) is 5.32 Å². The summed E-state index contributed by atoms with van der Waals surface area (Å²) in [7, 11) is 0. The Labute approximate surface area is 188 Å². The van der Waals surface area contributed by atoms with Crippen molar-refractivity contribution in [3.63, 3.8) is 0 Å². The molecule has 1 aliphatic rings. The maximum Gasteiger partial charge on any atom is 0.338 e. The van der Waals surface area contributed by atoms with Crippen LogP contribution in [-0.2, 0) is 9.53 Å². The Morgan fingerprint density at radius 3 is 2.69 bits per heavy atom. The summed E-state index contributed by atoms with van der Waals surface area (Å²) in [6.45, 7) is 0.0881. The molecule has 2 N–H and O–H groups in total. The summed E-state index contributed by atoms with van der Waals surface area (Å²) in [5.74, 6) is -0.101. The minimum atomic E-state index is -0.668. The van der Waals surface area contributed by atoms with Crippen LogP contribution in [0.25, 0.3) is 0 Å². The number of hydrogen-bond acceptors (Lipinski definition) is 7. The van der Waals surface area contributed by atoms with Crippen LogP contribution < -0.4 is 20.1 Å². The number of para-hydroxylation sites is 2. The van der Waals surface area contributed by atoms with Gasteiger partial charge in [-0.05, 0) is 41.8 Å². The van der Waals surface area contributed by atoms with Crippen molar-refractivity contribution in [2.24, 2.45) is 0 Å². The zero-order chi connectivity index (χ0) is 22.3. The Morgan fingerprint density at radius 2 is 1.88 bits per heavy atom. The van der Waals surface area contributed by atoms with Crippen molar-refractivity contribution in [2.75, 3.05) is 25.1 Å². The van der Waals surface area contributed by atoms with Crippen LogP contribution in [0.5, 0.6) is 11.5 Å². The quantitative estimate of drug-likeness (QED) is 0.534. The second kappa shape index (κ2) is 9.97. The number of thiophene rings is 1. The monoisotopic (exact) mass is 452 g/mol. The maximum absolute atomic E-state index is 12.3. The van der Waals surface area contributed by atoms with Crippen molar-refractivity contribution in [3.05, 3.63) is 76.5 Å². The molecule has 0 aliphatic carbocycles. The lowest BCUT2D eigenvalue weighted by Gasteiger charge is -2.26. The molecule has 1 aliphatic heterocycles. The molecule has 0 spiro atoms. The number of fused-ring (bicyclic) bond motifs is 1. The Morgan fingerprint density at radius 1 is 1.03 bits per heavy atom. The number of carbonyl (C=O) groups excluding carboxylic acids is 3. The van der Waals surface area contributed by atoms with E-state index in [0.29, 0.717) is 28.7 Å². The fraction of sp³-hybridized carbons (Fsp3) is 0.174. The van der Waals surface area contributed by atoms with E-state index < -0.39 is 18.5 Å². The van der Waals surface area contributed by atoms with E-state index >= 15 is 0 Å². The normalized spacial score (nSPS) is 14.3. The van der Waals surface area contributed by atoms with Gasteiger partial charge in [0, 0.05) is 5.69 Å². The first-order chi connectivity index (χ1) is 15.6. The van der Waals surface area contributed by atoms with Crippen LogP contribution >= 0.6 is 11.3 Å². The minimum absolute atomic E-state index is 0.217. The van der Waals surface area contributed by atoms with E-state index in [4.69, 9.17) is 14.2 Å². The summed E-state index contributed by atoms with van der Waals surface area (Å²) in [4.78, 5) is 37.1. The molecule has 9 heteroatoms. The highest BCUT2D eigenvalue weighted by Crippen LogP contribution is 2.30. The molecule has 0 saturated heterocycles. The topological polar surface area (TPSA) is 103 Å². The molecule has 32 heavy (non-hydrogen) atoms. The average Bonchev–Trinajstić information content (AvgIpc) is 3.36. The number of esters is 1. The molecule has 0 bridgehead atoms. The first-order valence-corrected chi connectivity index (χ1v) is 10.7. The molecule has 2 amide bonds. The van der Waals surface area contributed by atoms with E-state index in [-0.39, 0.29) is 24.1 Å². The molecule has 0 fully saturated rings. The largest absolute Gasteiger partial charge is 0.486 e. The molecule has 1 atom stereocenters. The third-order valence-electron chi connectivity index (χ3n) is 4.53. The molecule has 8 nitrogen and oxygen atoms in total. The zero-order valence-electron chi connectivity index (χ0n) is 16.9. The highest BCUT2D eigenvalue weighted by molar-refractivity contribution is 7.12. The van der Waals surface area contributed by atoms with Gasteiger partial charge in [0.2, 0.25) is 0 Å². The van der Waals surface area contributed by atoms with Gasteiger partial charge in [-0.25, -0.2) is 4.79 Å². The number of anilines is 1. The molecule has 1 aromatic heterocycles. The summed E-state index contributed by atoms with van der Waals surface area (Å²) in [6.07, 6.45) is -0.340. The molecule has 0 radical (unpaired) electrons. The molecule has 2 heterocycles. The SMILES string of the molecule is O=C(COC(=O)c1cccc(NC(=O)c2cccs2)c1)NC[C@@H]1COc2ccccc2O1. The predicted molar refractivity (Wildman–Crippen MR) is 118 cm³/mol. The van der Waals surface area contributed by atoms with Crippen LogP contribution in [0.3, 0.4) is 0 Å². The maximum atomic E-state index is 12.3. The molecular formula is C23H20N2O6S. The van der Waals surface area contributed by atoms with Crippen molar-refractivity contribution >= 4 is 34.8 Å². The van der Waals surface area contributed by atoms with E-state index in [0.717, 1.165) is 0 Å². The summed E-state index contributed by atoms with van der Waals surface area (Å²) in [5, 5.41) is 7.20. The molecule has 0 saturated carbocycles. The van der Waals surface area contributed by atoms with Gasteiger partial charge >= 0.3 is 5.97 Å². The van der Waals surface area contributed by atoms with Crippen LogP contribution in [-0.4, -0.2) is 43.6 Å². The minimum Gasteiger partial charge on any atom is -0.486 e. The lowest BCUT2D eigenvalue weighted by molar-refractivity contribution is -0.124. The number of benzene rings is 2. The Hall–Kier alpha value is -3.85. The number of rotatable bonds is 7. The highest BCUT2D eigenvalue weighted by atomic mass is 32.1. The van der Waals surface area contributed by atoms with E-state index in [1.807, 2.05) is 18.2 Å². The standard InChI is InChI=1S/C23H20N2O6S/c26-21(24-12-17-13-29-18-7-1-2-8-19(18)31-17)14-30-23(28)15-5-3-6-16(11-15)25-22(27)20-9-4-10-32-20/h1-11,17H,12-14H2,(H,24,26)(H,25,27)/t17-/m1/s1. The third kappa shape index (κ3) is 5.44. The number of amides is 2. The van der Waals surface area contributed by atoms with E-state index in [1.165, 1.54) is 17.4 Å². The summed E-state index contributed by atoms with van der Waals surface area (Å²) >= 11 is 1.32. The average molecular weight is 452 g/mol. The fourth-order valence-corrected chi connectivity index (χ4v) is 3.60. The highest BCUT2D eigenvalue weighted by Gasteiger charge is 2.21. The van der Waals surface area contributed by atoms with Crippen LogP contribution in [0.1, 0.15) is 20.0 Å². The molecule has 3 aromatic rings. The van der Waals surface area contributed by atoms with Gasteiger partial charge in [0.1, 0.15) is 12.7 Å².